The molecule has 0 aliphatic carbocycles. The Kier molecular flexibility index (Phi) is 6.16. The summed E-state index contributed by atoms with van der Waals surface area (Å²) >= 11 is 0. The first-order valence-electron chi connectivity index (χ1n) is 8.08. The van der Waals surface area contributed by atoms with Crippen LogP contribution >= 0.6 is 0 Å². The zero-order valence-corrected chi connectivity index (χ0v) is 13.4. The number of nitrogens with zero attached hydrogens (tertiary/aromatic N) is 2. The molecule has 1 saturated heterocycles. The van der Waals surface area contributed by atoms with Crippen LogP contribution in [0.3, 0.4) is 0 Å². The van der Waals surface area contributed by atoms with Gasteiger partial charge in [0.15, 0.2) is 5.96 Å². The fourth-order valence-corrected chi connectivity index (χ4v) is 2.69. The lowest BCUT2D eigenvalue weighted by Gasteiger charge is -2.33. The summed E-state index contributed by atoms with van der Waals surface area (Å²) in [4.78, 5) is 6.78. The van der Waals surface area contributed by atoms with Crippen LogP contribution in [0.1, 0.15) is 32.3 Å². The minimum Gasteiger partial charge on any atom is -0.357 e. The first-order chi connectivity index (χ1) is 10.6. The Morgan fingerprint density at radius 2 is 1.91 bits per heavy atom. The van der Waals surface area contributed by atoms with Gasteiger partial charge in [-0.25, -0.2) is 8.78 Å². The lowest BCUT2D eigenvalue weighted by Crippen LogP contribution is -2.45. The van der Waals surface area contributed by atoms with E-state index in [0.717, 1.165) is 44.4 Å². The number of hydrogen-bond acceptors (Lipinski definition) is 1. The van der Waals surface area contributed by atoms with Gasteiger partial charge >= 0.3 is 0 Å². The molecule has 0 radical (unpaired) electrons. The van der Waals surface area contributed by atoms with E-state index < -0.39 is 11.6 Å². The van der Waals surface area contributed by atoms with Gasteiger partial charge in [-0.05, 0) is 44.2 Å². The predicted molar refractivity (Wildman–Crippen MR) is 86.0 cm³/mol. The SMILES string of the molecule is CCNC(=NCCc1c(F)cccc1F)N1CCC(C)CC1. The summed E-state index contributed by atoms with van der Waals surface area (Å²) in [5.74, 6) is 0.622. The van der Waals surface area contributed by atoms with Crippen molar-refractivity contribution in [3.63, 3.8) is 0 Å². The summed E-state index contributed by atoms with van der Waals surface area (Å²) in [6.07, 6.45) is 2.59. The molecule has 0 unspecified atom stereocenters. The molecule has 1 aliphatic rings. The third-order valence-corrected chi connectivity index (χ3v) is 4.10. The summed E-state index contributed by atoms with van der Waals surface area (Å²) in [7, 11) is 0. The van der Waals surface area contributed by atoms with Gasteiger partial charge in [0, 0.05) is 31.7 Å². The Hall–Kier alpha value is -1.65. The van der Waals surface area contributed by atoms with E-state index in [2.05, 4.69) is 22.1 Å². The van der Waals surface area contributed by atoms with Crippen LogP contribution in [0.4, 0.5) is 8.78 Å². The Morgan fingerprint density at radius 3 is 2.50 bits per heavy atom. The minimum atomic E-state index is -0.494. The molecule has 1 aliphatic heterocycles. The van der Waals surface area contributed by atoms with Crippen LogP contribution in [0.5, 0.6) is 0 Å². The number of rotatable bonds is 4. The highest BCUT2D eigenvalue weighted by atomic mass is 19.1. The van der Waals surface area contributed by atoms with Gasteiger partial charge in [-0.3, -0.25) is 4.99 Å². The molecule has 0 aromatic heterocycles. The first-order valence-corrected chi connectivity index (χ1v) is 8.08. The Labute approximate surface area is 131 Å². The van der Waals surface area contributed by atoms with Crippen LogP contribution in [0.2, 0.25) is 0 Å². The summed E-state index contributed by atoms with van der Waals surface area (Å²) < 4.78 is 27.2. The fourth-order valence-electron chi connectivity index (χ4n) is 2.69. The second-order valence-electron chi connectivity index (χ2n) is 5.86. The quantitative estimate of drug-likeness (QED) is 0.683. The lowest BCUT2D eigenvalue weighted by molar-refractivity contribution is 0.273. The number of likely N-dealkylation sites (tertiary alicyclic amines) is 1. The average Bonchev–Trinajstić information content (AvgIpc) is 2.50. The van der Waals surface area contributed by atoms with E-state index in [-0.39, 0.29) is 12.0 Å². The smallest absolute Gasteiger partial charge is 0.193 e. The van der Waals surface area contributed by atoms with Gasteiger partial charge in [0.05, 0.1) is 0 Å². The molecule has 0 saturated carbocycles. The molecule has 22 heavy (non-hydrogen) atoms. The maximum atomic E-state index is 13.6. The number of hydrogen-bond donors (Lipinski definition) is 1. The van der Waals surface area contributed by atoms with Crippen molar-refractivity contribution < 1.29 is 8.78 Å². The molecule has 1 N–H and O–H groups in total. The first kappa shape index (κ1) is 16.7. The molecular formula is C17H25F2N3. The molecule has 122 valence electrons. The molecule has 0 amide bonds. The second-order valence-corrected chi connectivity index (χ2v) is 5.86. The van der Waals surface area contributed by atoms with E-state index in [4.69, 9.17) is 0 Å². The zero-order chi connectivity index (χ0) is 15.9. The molecule has 1 aromatic rings. The van der Waals surface area contributed by atoms with E-state index in [1.807, 2.05) is 6.92 Å². The van der Waals surface area contributed by atoms with Crippen molar-refractivity contribution in [1.29, 1.82) is 0 Å². The van der Waals surface area contributed by atoms with Gasteiger partial charge in [0.1, 0.15) is 11.6 Å². The van der Waals surface area contributed by atoms with Gasteiger partial charge in [-0.15, -0.1) is 0 Å². The zero-order valence-electron chi connectivity index (χ0n) is 13.4. The number of piperidine rings is 1. The van der Waals surface area contributed by atoms with E-state index in [1.54, 1.807) is 0 Å². The Balaban J connectivity index is 1.98. The maximum Gasteiger partial charge on any atom is 0.193 e. The fraction of sp³-hybridized carbons (Fsp3) is 0.588. The number of halogens is 2. The molecule has 5 heteroatoms. The molecule has 2 rings (SSSR count). The third-order valence-electron chi connectivity index (χ3n) is 4.10. The van der Waals surface area contributed by atoms with E-state index in [1.165, 1.54) is 18.2 Å². The second kappa shape index (κ2) is 8.11. The topological polar surface area (TPSA) is 27.6 Å². The standard InChI is InChI=1S/C17H25F2N3/c1-3-20-17(22-11-8-13(2)9-12-22)21-10-7-14-15(18)5-4-6-16(14)19/h4-6,13H,3,7-12H2,1-2H3,(H,20,21). The highest BCUT2D eigenvalue weighted by Gasteiger charge is 2.18. The van der Waals surface area contributed by atoms with Crippen molar-refractivity contribution in [2.75, 3.05) is 26.2 Å². The summed E-state index contributed by atoms with van der Waals surface area (Å²) in [5, 5.41) is 3.27. The number of benzene rings is 1. The number of nitrogens with one attached hydrogen (secondary N) is 1. The molecule has 0 bridgehead atoms. The molecule has 1 aromatic carbocycles. The van der Waals surface area contributed by atoms with Crippen LogP contribution in [0.15, 0.2) is 23.2 Å². The minimum absolute atomic E-state index is 0.120. The third kappa shape index (κ3) is 4.42. The highest BCUT2D eigenvalue weighted by molar-refractivity contribution is 5.80. The van der Waals surface area contributed by atoms with Crippen molar-refractivity contribution in [1.82, 2.24) is 10.2 Å². The van der Waals surface area contributed by atoms with Crippen molar-refractivity contribution in [3.05, 3.63) is 35.4 Å². The Morgan fingerprint density at radius 1 is 1.27 bits per heavy atom. The van der Waals surface area contributed by atoms with Crippen LogP contribution in [-0.2, 0) is 6.42 Å². The van der Waals surface area contributed by atoms with Crippen molar-refractivity contribution in [2.45, 2.75) is 33.1 Å². The van der Waals surface area contributed by atoms with Gasteiger partial charge in [-0.1, -0.05) is 13.0 Å². The Bertz CT molecular complexity index is 488. The predicted octanol–water partition coefficient (Wildman–Crippen LogP) is 3.20. The summed E-state index contributed by atoms with van der Waals surface area (Å²) in [5.41, 5.74) is 0.120. The van der Waals surface area contributed by atoms with Crippen LogP contribution in [0.25, 0.3) is 0 Å². The van der Waals surface area contributed by atoms with Crippen LogP contribution < -0.4 is 5.32 Å². The normalized spacial score (nSPS) is 16.9. The van der Waals surface area contributed by atoms with E-state index >= 15 is 0 Å². The molecule has 3 nitrogen and oxygen atoms in total. The largest absolute Gasteiger partial charge is 0.357 e. The number of aliphatic imine (C=N–C) groups is 1. The summed E-state index contributed by atoms with van der Waals surface area (Å²) in [6, 6.07) is 3.97. The van der Waals surface area contributed by atoms with Gasteiger partial charge in [-0.2, -0.15) is 0 Å². The monoisotopic (exact) mass is 309 g/mol. The van der Waals surface area contributed by atoms with E-state index in [0.29, 0.717) is 6.54 Å². The molecule has 1 fully saturated rings. The average molecular weight is 309 g/mol. The summed E-state index contributed by atoms with van der Waals surface area (Å²) in [6.45, 7) is 7.44. The van der Waals surface area contributed by atoms with Crippen molar-refractivity contribution in [2.24, 2.45) is 10.9 Å². The van der Waals surface area contributed by atoms with E-state index in [9.17, 15) is 8.78 Å². The van der Waals surface area contributed by atoms with Gasteiger partial charge in [0.2, 0.25) is 0 Å². The number of guanidine groups is 1. The van der Waals surface area contributed by atoms with Crippen LogP contribution in [0, 0.1) is 17.6 Å². The molecular weight excluding hydrogens is 284 g/mol. The maximum absolute atomic E-state index is 13.6. The van der Waals surface area contributed by atoms with Crippen molar-refractivity contribution in [3.8, 4) is 0 Å². The highest BCUT2D eigenvalue weighted by Crippen LogP contribution is 2.16. The molecule has 0 spiro atoms. The molecule has 1 heterocycles. The van der Waals surface area contributed by atoms with Gasteiger partial charge in [0.25, 0.3) is 0 Å². The van der Waals surface area contributed by atoms with Gasteiger partial charge < -0.3 is 10.2 Å². The lowest BCUT2D eigenvalue weighted by atomic mass is 10.00. The molecule has 0 atom stereocenters. The van der Waals surface area contributed by atoms with Crippen molar-refractivity contribution >= 4 is 5.96 Å². The van der Waals surface area contributed by atoms with Crippen LogP contribution in [-0.4, -0.2) is 37.0 Å².